The van der Waals surface area contributed by atoms with Crippen LogP contribution in [0.2, 0.25) is 0 Å². The lowest BCUT2D eigenvalue weighted by Gasteiger charge is -2.15. The summed E-state index contributed by atoms with van der Waals surface area (Å²) in [5, 5.41) is 0. The molecule has 0 aliphatic carbocycles. The average Bonchev–Trinajstić information content (AvgIpc) is 2.92. The third kappa shape index (κ3) is 3.56. The molecule has 0 unspecified atom stereocenters. The lowest BCUT2D eigenvalue weighted by atomic mass is 10.1. The first-order valence-corrected chi connectivity index (χ1v) is 9.15. The fourth-order valence-corrected chi connectivity index (χ4v) is 4.00. The number of sulfonamides is 1. The van der Waals surface area contributed by atoms with E-state index in [0.29, 0.717) is 24.2 Å². The molecule has 24 heavy (non-hydrogen) atoms. The van der Waals surface area contributed by atoms with Crippen molar-refractivity contribution in [3.63, 3.8) is 0 Å². The number of nitrogens with one attached hydrogen (secondary N) is 1. The second kappa shape index (κ2) is 6.24. The van der Waals surface area contributed by atoms with Crippen molar-refractivity contribution in [2.45, 2.75) is 19.1 Å². The maximum atomic E-state index is 12.9. The van der Waals surface area contributed by atoms with Gasteiger partial charge in [-0.3, -0.25) is 9.52 Å². The Labute approximate surface area is 140 Å². The van der Waals surface area contributed by atoms with Gasteiger partial charge in [0.15, 0.2) is 0 Å². The number of hydrogen-bond acceptors (Lipinski definition) is 3. The second-order valence-corrected chi connectivity index (χ2v) is 7.47. The predicted octanol–water partition coefficient (Wildman–Crippen LogP) is 2.68. The molecule has 1 heterocycles. The molecular formula is C17H17FN2O3S. The van der Waals surface area contributed by atoms with Crippen LogP contribution < -0.4 is 9.62 Å². The summed E-state index contributed by atoms with van der Waals surface area (Å²) in [7, 11) is -3.60. The molecule has 0 saturated carbocycles. The van der Waals surface area contributed by atoms with Gasteiger partial charge in [0.25, 0.3) is 0 Å². The Bertz CT molecular complexity index is 879. The summed E-state index contributed by atoms with van der Waals surface area (Å²) in [4.78, 5) is 13.2. The van der Waals surface area contributed by atoms with Crippen LogP contribution in [0.5, 0.6) is 0 Å². The van der Waals surface area contributed by atoms with Gasteiger partial charge in [-0.15, -0.1) is 0 Å². The summed E-state index contributed by atoms with van der Waals surface area (Å²) in [6.07, 6.45) is 0.697. The number of hydrogen-bond donors (Lipinski definition) is 1. The predicted molar refractivity (Wildman–Crippen MR) is 90.8 cm³/mol. The van der Waals surface area contributed by atoms with Gasteiger partial charge >= 0.3 is 0 Å². The van der Waals surface area contributed by atoms with Gasteiger partial charge in [-0.2, -0.15) is 0 Å². The molecule has 2 aromatic rings. The summed E-state index contributed by atoms with van der Waals surface area (Å²) in [5.41, 5.74) is 2.73. The Morgan fingerprint density at radius 2 is 1.92 bits per heavy atom. The molecule has 1 aliphatic rings. The molecule has 0 aromatic heterocycles. The van der Waals surface area contributed by atoms with Crippen molar-refractivity contribution in [3.05, 3.63) is 59.4 Å². The van der Waals surface area contributed by atoms with Crippen LogP contribution in [0.4, 0.5) is 15.8 Å². The number of halogens is 1. The van der Waals surface area contributed by atoms with Gasteiger partial charge < -0.3 is 4.90 Å². The van der Waals surface area contributed by atoms with Crippen molar-refractivity contribution in [2.24, 2.45) is 0 Å². The minimum Gasteiger partial charge on any atom is -0.312 e. The molecule has 7 heteroatoms. The molecule has 0 atom stereocenters. The van der Waals surface area contributed by atoms with E-state index in [-0.39, 0.29) is 11.7 Å². The Morgan fingerprint density at radius 3 is 2.58 bits per heavy atom. The van der Waals surface area contributed by atoms with E-state index in [9.17, 15) is 17.6 Å². The number of nitrogens with zero attached hydrogens (tertiary/aromatic N) is 1. The first-order chi connectivity index (χ1) is 11.3. The van der Waals surface area contributed by atoms with E-state index in [1.807, 2.05) is 0 Å². The molecule has 1 amide bonds. The lowest BCUT2D eigenvalue weighted by Crippen LogP contribution is -2.25. The molecule has 1 aliphatic heterocycles. The Morgan fingerprint density at radius 1 is 1.21 bits per heavy atom. The van der Waals surface area contributed by atoms with Crippen LogP contribution in [-0.4, -0.2) is 20.9 Å². The van der Waals surface area contributed by atoms with Gasteiger partial charge in [-0.05, 0) is 47.9 Å². The number of rotatable bonds is 4. The molecule has 0 radical (unpaired) electrons. The largest absolute Gasteiger partial charge is 0.312 e. The summed E-state index contributed by atoms with van der Waals surface area (Å²) >= 11 is 0. The Hall–Kier alpha value is -2.41. The van der Waals surface area contributed by atoms with Gasteiger partial charge in [0.05, 0.1) is 5.75 Å². The highest BCUT2D eigenvalue weighted by atomic mass is 32.2. The van der Waals surface area contributed by atoms with Crippen LogP contribution >= 0.6 is 0 Å². The standard InChI is InChI=1S/C17H17FN2O3S/c1-12(21)20-9-8-14-10-16(6-7-17(14)20)19-24(22,23)11-13-2-4-15(18)5-3-13/h2-7,10,19H,8-9,11H2,1H3. The molecular weight excluding hydrogens is 331 g/mol. The van der Waals surface area contributed by atoms with E-state index >= 15 is 0 Å². The molecule has 1 N–H and O–H groups in total. The monoisotopic (exact) mass is 348 g/mol. The van der Waals surface area contributed by atoms with Crippen molar-refractivity contribution in [3.8, 4) is 0 Å². The van der Waals surface area contributed by atoms with Crippen LogP contribution in [-0.2, 0) is 27.0 Å². The Kier molecular flexibility index (Phi) is 4.28. The zero-order chi connectivity index (χ0) is 17.3. The zero-order valence-corrected chi connectivity index (χ0v) is 13.9. The van der Waals surface area contributed by atoms with Crippen molar-refractivity contribution in [1.29, 1.82) is 0 Å². The van der Waals surface area contributed by atoms with Crippen LogP contribution in [0, 0.1) is 5.82 Å². The lowest BCUT2D eigenvalue weighted by molar-refractivity contribution is -0.116. The SMILES string of the molecule is CC(=O)N1CCc2cc(NS(=O)(=O)Cc3ccc(F)cc3)ccc21. The summed E-state index contributed by atoms with van der Waals surface area (Å²) in [6.45, 7) is 2.12. The molecule has 5 nitrogen and oxygen atoms in total. The minimum absolute atomic E-state index is 0.0293. The fourth-order valence-electron chi connectivity index (χ4n) is 2.81. The van der Waals surface area contributed by atoms with Crippen LogP contribution in [0.25, 0.3) is 0 Å². The number of carbonyl (C=O) groups is 1. The molecule has 0 bridgehead atoms. The van der Waals surface area contributed by atoms with E-state index in [2.05, 4.69) is 4.72 Å². The highest BCUT2D eigenvalue weighted by molar-refractivity contribution is 7.91. The number of carbonyl (C=O) groups excluding carboxylic acids is 1. The first-order valence-electron chi connectivity index (χ1n) is 7.50. The smallest absolute Gasteiger partial charge is 0.236 e. The third-order valence-electron chi connectivity index (χ3n) is 3.90. The minimum atomic E-state index is -3.60. The van der Waals surface area contributed by atoms with Crippen molar-refractivity contribution < 1.29 is 17.6 Å². The number of fused-ring (bicyclic) bond motifs is 1. The van der Waals surface area contributed by atoms with E-state index in [4.69, 9.17) is 0 Å². The maximum absolute atomic E-state index is 12.9. The number of anilines is 2. The van der Waals surface area contributed by atoms with Gasteiger partial charge in [0.1, 0.15) is 5.82 Å². The van der Waals surface area contributed by atoms with Crippen molar-refractivity contribution >= 4 is 27.3 Å². The molecule has 0 spiro atoms. The van der Waals surface area contributed by atoms with Gasteiger partial charge in [0.2, 0.25) is 15.9 Å². The van der Waals surface area contributed by atoms with E-state index in [1.54, 1.807) is 23.1 Å². The Balaban J connectivity index is 1.76. The van der Waals surface area contributed by atoms with Crippen LogP contribution in [0.15, 0.2) is 42.5 Å². The van der Waals surface area contributed by atoms with Gasteiger partial charge in [-0.1, -0.05) is 12.1 Å². The topological polar surface area (TPSA) is 66.5 Å². The fraction of sp³-hybridized carbons (Fsp3) is 0.235. The molecule has 0 fully saturated rings. The van der Waals surface area contributed by atoms with E-state index < -0.39 is 15.8 Å². The van der Waals surface area contributed by atoms with E-state index in [1.165, 1.54) is 31.2 Å². The van der Waals surface area contributed by atoms with Crippen molar-refractivity contribution in [2.75, 3.05) is 16.2 Å². The normalized spacial score (nSPS) is 13.7. The summed E-state index contributed by atoms with van der Waals surface area (Å²) in [6, 6.07) is 10.5. The zero-order valence-electron chi connectivity index (χ0n) is 13.1. The van der Waals surface area contributed by atoms with Crippen LogP contribution in [0.3, 0.4) is 0 Å². The second-order valence-electron chi connectivity index (χ2n) is 5.75. The molecule has 126 valence electrons. The summed E-state index contributed by atoms with van der Waals surface area (Å²) < 4.78 is 39.9. The quantitative estimate of drug-likeness (QED) is 0.924. The highest BCUT2D eigenvalue weighted by Crippen LogP contribution is 2.30. The number of benzene rings is 2. The van der Waals surface area contributed by atoms with Crippen LogP contribution in [0.1, 0.15) is 18.1 Å². The summed E-state index contributed by atoms with van der Waals surface area (Å²) in [5.74, 6) is -0.666. The third-order valence-corrected chi connectivity index (χ3v) is 5.16. The van der Waals surface area contributed by atoms with Crippen molar-refractivity contribution in [1.82, 2.24) is 0 Å². The van der Waals surface area contributed by atoms with Gasteiger partial charge in [0, 0.05) is 24.8 Å². The highest BCUT2D eigenvalue weighted by Gasteiger charge is 2.22. The first kappa shape index (κ1) is 16.4. The molecule has 3 rings (SSSR count). The maximum Gasteiger partial charge on any atom is 0.236 e. The average molecular weight is 348 g/mol. The molecule has 2 aromatic carbocycles. The van der Waals surface area contributed by atoms with Gasteiger partial charge in [-0.25, -0.2) is 12.8 Å². The van der Waals surface area contributed by atoms with E-state index in [0.717, 1.165) is 11.3 Å². The number of amides is 1. The molecule has 0 saturated heterocycles.